The Bertz CT molecular complexity index is 355. The molecule has 0 radical (unpaired) electrons. The quantitative estimate of drug-likeness (QED) is 0.761. The summed E-state index contributed by atoms with van der Waals surface area (Å²) in [5.41, 5.74) is 0. The highest BCUT2D eigenvalue weighted by atomic mass is 19.1. The van der Waals surface area contributed by atoms with Crippen molar-refractivity contribution in [2.75, 3.05) is 13.2 Å². The summed E-state index contributed by atoms with van der Waals surface area (Å²) in [6.45, 7) is 0.503. The van der Waals surface area contributed by atoms with Gasteiger partial charge in [0.2, 0.25) is 0 Å². The first-order valence-electron chi connectivity index (χ1n) is 6.04. The molecule has 3 nitrogen and oxygen atoms in total. The van der Waals surface area contributed by atoms with Crippen molar-refractivity contribution in [1.82, 2.24) is 5.32 Å². The maximum atomic E-state index is 13.2. The van der Waals surface area contributed by atoms with Gasteiger partial charge in [-0.1, -0.05) is 12.1 Å². The first kappa shape index (κ1) is 12.3. The van der Waals surface area contributed by atoms with Gasteiger partial charge >= 0.3 is 0 Å². The molecule has 1 fully saturated rings. The molecule has 1 aliphatic rings. The molecule has 2 rings (SSSR count). The number of benzene rings is 1. The molecule has 1 saturated carbocycles. The summed E-state index contributed by atoms with van der Waals surface area (Å²) in [5.74, 6) is -0.0705. The molecular weight excluding hydrogens is 221 g/mol. The summed E-state index contributed by atoms with van der Waals surface area (Å²) in [4.78, 5) is 0. The van der Waals surface area contributed by atoms with E-state index in [4.69, 9.17) is 9.84 Å². The fourth-order valence-electron chi connectivity index (χ4n) is 1.68. The molecule has 2 N–H and O–H groups in total. The van der Waals surface area contributed by atoms with E-state index >= 15 is 0 Å². The fourth-order valence-corrected chi connectivity index (χ4v) is 1.68. The lowest BCUT2D eigenvalue weighted by molar-refractivity contribution is 0.205. The monoisotopic (exact) mass is 239 g/mol. The molecule has 0 amide bonds. The van der Waals surface area contributed by atoms with Crippen molar-refractivity contribution in [3.8, 4) is 5.75 Å². The Kier molecular flexibility index (Phi) is 4.34. The highest BCUT2D eigenvalue weighted by Crippen LogP contribution is 2.20. The van der Waals surface area contributed by atoms with E-state index in [1.54, 1.807) is 18.2 Å². The topological polar surface area (TPSA) is 41.5 Å². The smallest absolute Gasteiger partial charge is 0.165 e. The Balaban J connectivity index is 1.72. The molecule has 0 bridgehead atoms. The van der Waals surface area contributed by atoms with Gasteiger partial charge in [-0.05, 0) is 31.4 Å². The Morgan fingerprint density at radius 3 is 2.82 bits per heavy atom. The Morgan fingerprint density at radius 2 is 2.18 bits per heavy atom. The second-order valence-electron chi connectivity index (χ2n) is 4.39. The van der Waals surface area contributed by atoms with Crippen molar-refractivity contribution in [3.63, 3.8) is 0 Å². The van der Waals surface area contributed by atoms with Gasteiger partial charge in [-0.25, -0.2) is 4.39 Å². The van der Waals surface area contributed by atoms with Crippen molar-refractivity contribution in [2.24, 2.45) is 0 Å². The van der Waals surface area contributed by atoms with Crippen LogP contribution in [0.3, 0.4) is 0 Å². The second kappa shape index (κ2) is 5.98. The van der Waals surface area contributed by atoms with Gasteiger partial charge < -0.3 is 15.2 Å². The Morgan fingerprint density at radius 1 is 1.41 bits per heavy atom. The summed E-state index contributed by atoms with van der Waals surface area (Å²) in [6.07, 6.45) is 3.05. The van der Waals surface area contributed by atoms with Crippen LogP contribution in [0.2, 0.25) is 0 Å². The zero-order valence-corrected chi connectivity index (χ0v) is 9.73. The lowest BCUT2D eigenvalue weighted by Gasteiger charge is -2.16. The minimum absolute atomic E-state index is 0.0503. The first-order chi connectivity index (χ1) is 8.29. The molecule has 17 heavy (non-hydrogen) atoms. The first-order valence-corrected chi connectivity index (χ1v) is 6.04. The average molecular weight is 239 g/mol. The SMILES string of the molecule is OCC(CCOc1ccccc1F)NC1CC1. The number of para-hydroxylation sites is 1. The van der Waals surface area contributed by atoms with E-state index in [9.17, 15) is 4.39 Å². The molecule has 1 unspecified atom stereocenters. The van der Waals surface area contributed by atoms with Crippen LogP contribution in [-0.4, -0.2) is 30.4 Å². The van der Waals surface area contributed by atoms with E-state index in [-0.39, 0.29) is 24.2 Å². The maximum absolute atomic E-state index is 13.2. The molecule has 1 atom stereocenters. The zero-order valence-electron chi connectivity index (χ0n) is 9.73. The maximum Gasteiger partial charge on any atom is 0.165 e. The standard InChI is InChI=1S/C13H18FNO2/c14-12-3-1-2-4-13(12)17-8-7-11(9-16)15-10-5-6-10/h1-4,10-11,15-16H,5-9H2. The van der Waals surface area contributed by atoms with Crippen LogP contribution < -0.4 is 10.1 Å². The van der Waals surface area contributed by atoms with E-state index < -0.39 is 0 Å². The summed E-state index contributed by atoms with van der Waals surface area (Å²) in [5, 5.41) is 12.5. The third kappa shape index (κ3) is 3.98. The van der Waals surface area contributed by atoms with Crippen molar-refractivity contribution < 1.29 is 14.2 Å². The van der Waals surface area contributed by atoms with Gasteiger partial charge in [-0.2, -0.15) is 0 Å². The molecular formula is C13H18FNO2. The number of nitrogens with one attached hydrogen (secondary N) is 1. The van der Waals surface area contributed by atoms with E-state index in [2.05, 4.69) is 5.32 Å². The number of hydrogen-bond acceptors (Lipinski definition) is 3. The largest absolute Gasteiger partial charge is 0.490 e. The van der Waals surface area contributed by atoms with Crippen LogP contribution in [0.4, 0.5) is 4.39 Å². The Hall–Kier alpha value is -1.13. The van der Waals surface area contributed by atoms with Crippen molar-refractivity contribution >= 4 is 0 Å². The van der Waals surface area contributed by atoms with Crippen LogP contribution in [0.5, 0.6) is 5.75 Å². The van der Waals surface area contributed by atoms with Crippen LogP contribution in [-0.2, 0) is 0 Å². The van der Waals surface area contributed by atoms with Crippen molar-refractivity contribution in [3.05, 3.63) is 30.1 Å². The lowest BCUT2D eigenvalue weighted by Crippen LogP contribution is -2.35. The molecule has 0 spiro atoms. The predicted molar refractivity (Wildman–Crippen MR) is 63.5 cm³/mol. The highest BCUT2D eigenvalue weighted by Gasteiger charge is 2.24. The second-order valence-corrected chi connectivity index (χ2v) is 4.39. The minimum atomic E-state index is -0.344. The average Bonchev–Trinajstić information content (AvgIpc) is 3.14. The molecule has 1 aromatic rings. The van der Waals surface area contributed by atoms with Gasteiger partial charge in [0.15, 0.2) is 11.6 Å². The molecule has 0 aromatic heterocycles. The lowest BCUT2D eigenvalue weighted by atomic mass is 10.2. The minimum Gasteiger partial charge on any atom is -0.490 e. The van der Waals surface area contributed by atoms with Gasteiger partial charge in [0.1, 0.15) is 0 Å². The third-order valence-corrected chi connectivity index (χ3v) is 2.83. The fraction of sp³-hybridized carbons (Fsp3) is 0.538. The number of halogens is 1. The summed E-state index contributed by atoms with van der Waals surface area (Å²) in [7, 11) is 0. The van der Waals surface area contributed by atoms with Crippen molar-refractivity contribution in [2.45, 2.75) is 31.3 Å². The van der Waals surface area contributed by atoms with Crippen LogP contribution in [0, 0.1) is 5.82 Å². The number of rotatable bonds is 7. The van der Waals surface area contributed by atoms with E-state index in [1.807, 2.05) is 0 Å². The van der Waals surface area contributed by atoms with Crippen LogP contribution in [0.1, 0.15) is 19.3 Å². The molecule has 0 heterocycles. The van der Waals surface area contributed by atoms with Gasteiger partial charge in [-0.3, -0.25) is 0 Å². The van der Waals surface area contributed by atoms with E-state index in [1.165, 1.54) is 18.9 Å². The van der Waals surface area contributed by atoms with Gasteiger partial charge in [-0.15, -0.1) is 0 Å². The molecule has 1 aliphatic carbocycles. The zero-order chi connectivity index (χ0) is 12.1. The number of ether oxygens (including phenoxy) is 1. The van der Waals surface area contributed by atoms with Gasteiger partial charge in [0.05, 0.1) is 13.2 Å². The summed E-state index contributed by atoms with van der Waals surface area (Å²) in [6, 6.07) is 6.96. The highest BCUT2D eigenvalue weighted by molar-refractivity contribution is 5.23. The molecule has 0 saturated heterocycles. The normalized spacial score (nSPS) is 16.8. The van der Waals surface area contributed by atoms with Crippen molar-refractivity contribution in [1.29, 1.82) is 0 Å². The van der Waals surface area contributed by atoms with E-state index in [0.717, 1.165) is 0 Å². The van der Waals surface area contributed by atoms with Gasteiger partial charge in [0, 0.05) is 12.1 Å². The summed E-state index contributed by atoms with van der Waals surface area (Å²) < 4.78 is 18.6. The third-order valence-electron chi connectivity index (χ3n) is 2.83. The van der Waals surface area contributed by atoms with E-state index in [0.29, 0.717) is 19.1 Å². The molecule has 4 heteroatoms. The predicted octanol–water partition coefficient (Wildman–Crippen LogP) is 1.71. The Labute approximate surface area is 101 Å². The number of aliphatic hydroxyl groups excluding tert-OH is 1. The molecule has 1 aromatic carbocycles. The molecule has 0 aliphatic heterocycles. The van der Waals surface area contributed by atoms with Crippen LogP contribution >= 0.6 is 0 Å². The number of aliphatic hydroxyl groups is 1. The van der Waals surface area contributed by atoms with Crippen LogP contribution in [0.25, 0.3) is 0 Å². The number of hydrogen-bond donors (Lipinski definition) is 2. The van der Waals surface area contributed by atoms with Crippen LogP contribution in [0.15, 0.2) is 24.3 Å². The van der Waals surface area contributed by atoms with Gasteiger partial charge in [0.25, 0.3) is 0 Å². The summed E-state index contributed by atoms with van der Waals surface area (Å²) >= 11 is 0. The molecule has 94 valence electrons.